The predicted molar refractivity (Wildman–Crippen MR) is 60.5 cm³/mol. The number of rotatable bonds is 5. The van der Waals surface area contributed by atoms with Gasteiger partial charge in [-0.15, -0.1) is 0 Å². The molecule has 1 aromatic rings. The van der Waals surface area contributed by atoms with Crippen molar-refractivity contribution in [3.63, 3.8) is 0 Å². The van der Waals surface area contributed by atoms with E-state index in [4.69, 9.17) is 5.11 Å². The first-order chi connectivity index (χ1) is 8.41. The minimum atomic E-state index is -2.64. The molecule has 1 amide bonds. The van der Waals surface area contributed by atoms with Crippen molar-refractivity contribution in [2.24, 2.45) is 5.92 Å². The van der Waals surface area contributed by atoms with Crippen molar-refractivity contribution >= 4 is 11.9 Å². The zero-order valence-electron chi connectivity index (χ0n) is 9.69. The summed E-state index contributed by atoms with van der Waals surface area (Å²) in [6.45, 7) is 1.39. The van der Waals surface area contributed by atoms with Crippen LogP contribution in [-0.4, -0.2) is 23.5 Å². The van der Waals surface area contributed by atoms with Crippen LogP contribution in [0.5, 0.6) is 0 Å². The molecular formula is C12H13F2NO3. The third kappa shape index (κ3) is 3.80. The maximum atomic E-state index is 12.4. The maximum Gasteiger partial charge on any atom is 0.308 e. The number of nitrogens with one attached hydrogen (secondary N) is 1. The number of carbonyl (C=O) groups excluding carboxylic acids is 1. The Balaban J connectivity index is 2.67. The van der Waals surface area contributed by atoms with E-state index >= 15 is 0 Å². The van der Waals surface area contributed by atoms with E-state index in [1.807, 2.05) is 0 Å². The fourth-order valence-electron chi connectivity index (χ4n) is 1.25. The molecule has 18 heavy (non-hydrogen) atoms. The molecule has 0 heterocycles. The SMILES string of the molecule is CC(CNC(=O)c1cccc(C(F)F)c1)C(=O)O. The first kappa shape index (κ1) is 14.1. The molecule has 4 nitrogen and oxygen atoms in total. The Labute approximate surface area is 103 Å². The average molecular weight is 257 g/mol. The van der Waals surface area contributed by atoms with Crippen LogP contribution in [0.4, 0.5) is 8.78 Å². The normalized spacial score (nSPS) is 12.2. The predicted octanol–water partition coefficient (Wildman–Crippen LogP) is 2.07. The third-order valence-electron chi connectivity index (χ3n) is 2.39. The van der Waals surface area contributed by atoms with Crippen LogP contribution in [0.2, 0.25) is 0 Å². The Kier molecular flexibility index (Phi) is 4.76. The van der Waals surface area contributed by atoms with Crippen LogP contribution in [0, 0.1) is 5.92 Å². The fourth-order valence-corrected chi connectivity index (χ4v) is 1.25. The van der Waals surface area contributed by atoms with E-state index in [0.29, 0.717) is 0 Å². The lowest BCUT2D eigenvalue weighted by Crippen LogP contribution is -2.31. The van der Waals surface area contributed by atoms with Gasteiger partial charge in [0.05, 0.1) is 5.92 Å². The van der Waals surface area contributed by atoms with Gasteiger partial charge in [0, 0.05) is 17.7 Å². The lowest BCUT2D eigenvalue weighted by molar-refractivity contribution is -0.140. The molecule has 1 atom stereocenters. The molecule has 98 valence electrons. The summed E-state index contributed by atoms with van der Waals surface area (Å²) in [4.78, 5) is 22.1. The number of carboxylic acid groups (broad SMARTS) is 1. The average Bonchev–Trinajstić information content (AvgIpc) is 2.35. The highest BCUT2D eigenvalue weighted by Crippen LogP contribution is 2.19. The lowest BCUT2D eigenvalue weighted by Gasteiger charge is -2.09. The summed E-state index contributed by atoms with van der Waals surface area (Å²) in [5, 5.41) is 11.0. The first-order valence-electron chi connectivity index (χ1n) is 5.31. The summed E-state index contributed by atoms with van der Waals surface area (Å²) in [5.41, 5.74) is -0.153. The molecule has 1 unspecified atom stereocenters. The Morgan fingerprint density at radius 2 is 2.06 bits per heavy atom. The van der Waals surface area contributed by atoms with E-state index in [1.165, 1.54) is 25.1 Å². The van der Waals surface area contributed by atoms with Gasteiger partial charge < -0.3 is 10.4 Å². The molecule has 0 spiro atoms. The first-order valence-corrected chi connectivity index (χ1v) is 5.31. The molecule has 6 heteroatoms. The smallest absolute Gasteiger partial charge is 0.308 e. The molecular weight excluding hydrogens is 244 g/mol. The van der Waals surface area contributed by atoms with Crippen molar-refractivity contribution in [1.29, 1.82) is 0 Å². The van der Waals surface area contributed by atoms with Crippen LogP contribution in [0.15, 0.2) is 24.3 Å². The van der Waals surface area contributed by atoms with Gasteiger partial charge in [0.2, 0.25) is 0 Å². The molecule has 0 saturated heterocycles. The van der Waals surface area contributed by atoms with Crippen molar-refractivity contribution < 1.29 is 23.5 Å². The molecule has 0 saturated carbocycles. The molecule has 2 N–H and O–H groups in total. The summed E-state index contributed by atoms with van der Waals surface area (Å²) in [5.74, 6) is -2.32. The standard InChI is InChI=1S/C12H13F2NO3/c1-7(12(17)18)6-15-11(16)9-4-2-3-8(5-9)10(13)14/h2-5,7,10H,6H2,1H3,(H,15,16)(H,17,18). The highest BCUT2D eigenvalue weighted by Gasteiger charge is 2.14. The zero-order valence-corrected chi connectivity index (χ0v) is 9.69. The minimum absolute atomic E-state index is 0.0485. The summed E-state index contributed by atoms with van der Waals surface area (Å²) in [6.07, 6.45) is -2.64. The largest absolute Gasteiger partial charge is 0.481 e. The fraction of sp³-hybridized carbons (Fsp3) is 0.333. The minimum Gasteiger partial charge on any atom is -0.481 e. The maximum absolute atomic E-state index is 12.4. The van der Waals surface area contributed by atoms with Crippen molar-refractivity contribution in [1.82, 2.24) is 5.32 Å². The zero-order chi connectivity index (χ0) is 13.7. The number of amides is 1. The van der Waals surface area contributed by atoms with Gasteiger partial charge in [-0.2, -0.15) is 0 Å². The van der Waals surface area contributed by atoms with Crippen LogP contribution >= 0.6 is 0 Å². The Morgan fingerprint density at radius 3 is 2.61 bits per heavy atom. The van der Waals surface area contributed by atoms with Gasteiger partial charge in [-0.1, -0.05) is 19.1 Å². The second-order valence-electron chi connectivity index (χ2n) is 3.88. The molecule has 1 rings (SSSR count). The van der Waals surface area contributed by atoms with E-state index < -0.39 is 24.2 Å². The van der Waals surface area contributed by atoms with Gasteiger partial charge in [-0.3, -0.25) is 9.59 Å². The molecule has 0 aromatic heterocycles. The van der Waals surface area contributed by atoms with Crippen molar-refractivity contribution in [2.45, 2.75) is 13.3 Å². The molecule has 0 aliphatic carbocycles. The molecule has 0 fully saturated rings. The van der Waals surface area contributed by atoms with Gasteiger partial charge in [0.1, 0.15) is 0 Å². The van der Waals surface area contributed by atoms with Crippen LogP contribution in [-0.2, 0) is 4.79 Å². The van der Waals surface area contributed by atoms with Gasteiger partial charge >= 0.3 is 5.97 Å². The molecule has 0 bridgehead atoms. The van der Waals surface area contributed by atoms with Crippen molar-refractivity contribution in [2.75, 3.05) is 6.54 Å². The van der Waals surface area contributed by atoms with E-state index in [9.17, 15) is 18.4 Å². The Hall–Kier alpha value is -1.98. The molecule has 0 radical (unpaired) electrons. The second kappa shape index (κ2) is 6.09. The van der Waals surface area contributed by atoms with Gasteiger partial charge in [0.25, 0.3) is 12.3 Å². The highest BCUT2D eigenvalue weighted by molar-refractivity contribution is 5.94. The molecule has 0 aliphatic rings. The summed E-state index contributed by atoms with van der Waals surface area (Å²) in [6, 6.07) is 5.07. The second-order valence-corrected chi connectivity index (χ2v) is 3.88. The van der Waals surface area contributed by atoms with Gasteiger partial charge in [-0.05, 0) is 12.1 Å². The number of carboxylic acids is 1. The van der Waals surface area contributed by atoms with E-state index in [-0.39, 0.29) is 17.7 Å². The number of hydrogen-bond donors (Lipinski definition) is 2. The van der Waals surface area contributed by atoms with E-state index in [0.717, 1.165) is 6.07 Å². The lowest BCUT2D eigenvalue weighted by atomic mass is 10.1. The molecule has 0 aliphatic heterocycles. The number of halogens is 2. The van der Waals surface area contributed by atoms with Crippen molar-refractivity contribution in [3.8, 4) is 0 Å². The monoisotopic (exact) mass is 257 g/mol. The third-order valence-corrected chi connectivity index (χ3v) is 2.39. The van der Waals surface area contributed by atoms with Gasteiger partial charge in [-0.25, -0.2) is 8.78 Å². The summed E-state index contributed by atoms with van der Waals surface area (Å²) in [7, 11) is 0. The number of carbonyl (C=O) groups is 2. The summed E-state index contributed by atoms with van der Waals surface area (Å²) >= 11 is 0. The number of aliphatic carboxylic acids is 1. The Bertz CT molecular complexity index is 449. The van der Waals surface area contributed by atoms with E-state index in [1.54, 1.807) is 0 Å². The quantitative estimate of drug-likeness (QED) is 0.848. The topological polar surface area (TPSA) is 66.4 Å². The van der Waals surface area contributed by atoms with Crippen molar-refractivity contribution in [3.05, 3.63) is 35.4 Å². The van der Waals surface area contributed by atoms with Crippen LogP contribution in [0.1, 0.15) is 29.3 Å². The summed E-state index contributed by atoms with van der Waals surface area (Å²) < 4.78 is 24.8. The van der Waals surface area contributed by atoms with E-state index in [2.05, 4.69) is 5.32 Å². The Morgan fingerprint density at radius 1 is 1.39 bits per heavy atom. The van der Waals surface area contributed by atoms with Gasteiger partial charge in [0.15, 0.2) is 0 Å². The molecule has 1 aromatic carbocycles. The van der Waals surface area contributed by atoms with Crippen LogP contribution in [0.25, 0.3) is 0 Å². The van der Waals surface area contributed by atoms with Crippen LogP contribution < -0.4 is 5.32 Å². The number of hydrogen-bond acceptors (Lipinski definition) is 2. The highest BCUT2D eigenvalue weighted by atomic mass is 19.3. The number of benzene rings is 1. The number of alkyl halides is 2. The van der Waals surface area contributed by atoms with Crippen LogP contribution in [0.3, 0.4) is 0 Å².